The van der Waals surface area contributed by atoms with Crippen molar-refractivity contribution in [1.82, 2.24) is 5.32 Å². The van der Waals surface area contributed by atoms with E-state index in [1.165, 1.54) is 5.56 Å². The first-order valence-corrected chi connectivity index (χ1v) is 5.49. The molecule has 1 atom stereocenters. The topological polar surface area (TPSA) is 12.0 Å². The minimum atomic E-state index is 0.591. The maximum atomic E-state index is 3.43. The fourth-order valence-corrected chi connectivity index (χ4v) is 1.53. The molecule has 0 aromatic heterocycles. The standard InChI is InChI=1S/C11H16BrN/c1-3-13-8-9(2)10-4-6-11(12)7-5-10/h4-7,9,13H,3,8H2,1-2H3. The van der Waals surface area contributed by atoms with Crippen molar-refractivity contribution in [2.75, 3.05) is 13.1 Å². The molecule has 0 aliphatic heterocycles. The highest BCUT2D eigenvalue weighted by Gasteiger charge is 2.03. The van der Waals surface area contributed by atoms with Gasteiger partial charge in [0.05, 0.1) is 0 Å². The SMILES string of the molecule is CCNCC(C)c1ccc(Br)cc1. The first-order valence-electron chi connectivity index (χ1n) is 4.70. The van der Waals surface area contributed by atoms with E-state index in [1.54, 1.807) is 0 Å². The van der Waals surface area contributed by atoms with Crippen molar-refractivity contribution in [3.8, 4) is 0 Å². The molecule has 1 N–H and O–H groups in total. The zero-order chi connectivity index (χ0) is 9.68. The van der Waals surface area contributed by atoms with Gasteiger partial charge in [0.1, 0.15) is 0 Å². The summed E-state index contributed by atoms with van der Waals surface area (Å²) in [4.78, 5) is 0. The Morgan fingerprint density at radius 2 is 1.92 bits per heavy atom. The first-order chi connectivity index (χ1) is 6.24. The largest absolute Gasteiger partial charge is 0.316 e. The van der Waals surface area contributed by atoms with Gasteiger partial charge in [-0.1, -0.05) is 41.9 Å². The average molecular weight is 242 g/mol. The summed E-state index contributed by atoms with van der Waals surface area (Å²) < 4.78 is 1.15. The van der Waals surface area contributed by atoms with Gasteiger partial charge in [-0.15, -0.1) is 0 Å². The molecule has 1 aromatic carbocycles. The number of benzene rings is 1. The third-order valence-electron chi connectivity index (χ3n) is 2.14. The average Bonchev–Trinajstić information content (AvgIpc) is 2.15. The van der Waals surface area contributed by atoms with Crippen molar-refractivity contribution in [3.05, 3.63) is 34.3 Å². The number of nitrogens with one attached hydrogen (secondary N) is 1. The number of hydrogen-bond donors (Lipinski definition) is 1. The summed E-state index contributed by atoms with van der Waals surface area (Å²) in [7, 11) is 0. The molecule has 13 heavy (non-hydrogen) atoms. The van der Waals surface area contributed by atoms with Gasteiger partial charge in [0.25, 0.3) is 0 Å². The third kappa shape index (κ3) is 3.49. The van der Waals surface area contributed by atoms with Gasteiger partial charge in [-0.3, -0.25) is 0 Å². The number of halogens is 1. The van der Waals surface area contributed by atoms with Crippen LogP contribution in [0.5, 0.6) is 0 Å². The van der Waals surface area contributed by atoms with Crippen molar-refractivity contribution < 1.29 is 0 Å². The lowest BCUT2D eigenvalue weighted by Gasteiger charge is -2.11. The predicted molar refractivity (Wildman–Crippen MR) is 61.1 cm³/mol. The zero-order valence-corrected chi connectivity index (χ0v) is 9.76. The molecule has 0 amide bonds. The molecule has 1 nitrogen and oxygen atoms in total. The van der Waals surface area contributed by atoms with Gasteiger partial charge in [-0.2, -0.15) is 0 Å². The van der Waals surface area contributed by atoms with Gasteiger partial charge in [-0.05, 0) is 30.2 Å². The minimum absolute atomic E-state index is 0.591. The second-order valence-corrected chi connectivity index (χ2v) is 4.18. The summed E-state index contributed by atoms with van der Waals surface area (Å²) in [5.41, 5.74) is 1.39. The van der Waals surface area contributed by atoms with Gasteiger partial charge in [0.2, 0.25) is 0 Å². The first kappa shape index (κ1) is 10.7. The molecular weight excluding hydrogens is 226 g/mol. The highest BCUT2D eigenvalue weighted by atomic mass is 79.9. The third-order valence-corrected chi connectivity index (χ3v) is 2.67. The van der Waals surface area contributed by atoms with Crippen LogP contribution in [0.3, 0.4) is 0 Å². The Balaban J connectivity index is 2.55. The van der Waals surface area contributed by atoms with E-state index in [4.69, 9.17) is 0 Å². The maximum absolute atomic E-state index is 3.43. The molecule has 1 aromatic rings. The van der Waals surface area contributed by atoms with Crippen LogP contribution in [0.25, 0.3) is 0 Å². The maximum Gasteiger partial charge on any atom is 0.0175 e. The van der Waals surface area contributed by atoms with Crippen molar-refractivity contribution in [1.29, 1.82) is 0 Å². The molecule has 0 aliphatic carbocycles. The van der Waals surface area contributed by atoms with Crippen LogP contribution in [-0.2, 0) is 0 Å². The normalized spacial score (nSPS) is 12.8. The number of likely N-dealkylation sites (N-methyl/N-ethyl adjacent to an activating group) is 1. The minimum Gasteiger partial charge on any atom is -0.316 e. The van der Waals surface area contributed by atoms with Crippen LogP contribution in [0.1, 0.15) is 25.3 Å². The van der Waals surface area contributed by atoms with E-state index in [0.29, 0.717) is 5.92 Å². The fourth-order valence-electron chi connectivity index (χ4n) is 1.27. The molecule has 0 saturated heterocycles. The van der Waals surface area contributed by atoms with E-state index in [9.17, 15) is 0 Å². The van der Waals surface area contributed by atoms with Crippen molar-refractivity contribution in [2.45, 2.75) is 19.8 Å². The number of hydrogen-bond acceptors (Lipinski definition) is 1. The predicted octanol–water partition coefficient (Wildman–Crippen LogP) is 3.16. The summed E-state index contributed by atoms with van der Waals surface area (Å²) in [5.74, 6) is 0.591. The van der Waals surface area contributed by atoms with Gasteiger partial charge >= 0.3 is 0 Å². The quantitative estimate of drug-likeness (QED) is 0.855. The molecule has 0 spiro atoms. The summed E-state index contributed by atoms with van der Waals surface area (Å²) >= 11 is 3.43. The zero-order valence-electron chi connectivity index (χ0n) is 8.18. The number of rotatable bonds is 4. The Labute approximate surface area is 88.7 Å². The lowest BCUT2D eigenvalue weighted by molar-refractivity contribution is 0.635. The Hall–Kier alpha value is -0.340. The van der Waals surface area contributed by atoms with Crippen LogP contribution < -0.4 is 5.32 Å². The summed E-state index contributed by atoms with van der Waals surface area (Å²) in [6.07, 6.45) is 0. The monoisotopic (exact) mass is 241 g/mol. The van der Waals surface area contributed by atoms with Crippen LogP contribution in [0.4, 0.5) is 0 Å². The smallest absolute Gasteiger partial charge is 0.0175 e. The fraction of sp³-hybridized carbons (Fsp3) is 0.455. The Morgan fingerprint density at radius 1 is 1.31 bits per heavy atom. The van der Waals surface area contributed by atoms with E-state index in [1.807, 2.05) is 0 Å². The van der Waals surface area contributed by atoms with E-state index in [0.717, 1.165) is 17.6 Å². The molecule has 0 saturated carbocycles. The van der Waals surface area contributed by atoms with E-state index in [-0.39, 0.29) is 0 Å². The molecular formula is C11H16BrN. The Morgan fingerprint density at radius 3 is 2.46 bits per heavy atom. The lowest BCUT2D eigenvalue weighted by atomic mass is 10.0. The molecule has 0 radical (unpaired) electrons. The molecule has 72 valence electrons. The molecule has 0 heterocycles. The van der Waals surface area contributed by atoms with Crippen LogP contribution in [0.15, 0.2) is 28.7 Å². The summed E-state index contributed by atoms with van der Waals surface area (Å²) in [6.45, 7) is 6.47. The van der Waals surface area contributed by atoms with E-state index in [2.05, 4.69) is 59.4 Å². The van der Waals surface area contributed by atoms with Gasteiger partial charge in [0.15, 0.2) is 0 Å². The van der Waals surface area contributed by atoms with Gasteiger partial charge in [0, 0.05) is 11.0 Å². The molecule has 1 unspecified atom stereocenters. The Kier molecular flexibility index (Phi) is 4.46. The highest BCUT2D eigenvalue weighted by Crippen LogP contribution is 2.17. The van der Waals surface area contributed by atoms with Gasteiger partial charge < -0.3 is 5.32 Å². The van der Waals surface area contributed by atoms with Crippen molar-refractivity contribution >= 4 is 15.9 Å². The molecule has 2 heteroatoms. The molecule has 0 aliphatic rings. The molecule has 0 fully saturated rings. The van der Waals surface area contributed by atoms with Crippen molar-refractivity contribution in [2.24, 2.45) is 0 Å². The van der Waals surface area contributed by atoms with Gasteiger partial charge in [-0.25, -0.2) is 0 Å². The summed E-state index contributed by atoms with van der Waals surface area (Å²) in [6, 6.07) is 8.54. The molecule has 1 rings (SSSR count). The second-order valence-electron chi connectivity index (χ2n) is 3.26. The van der Waals surface area contributed by atoms with E-state index < -0.39 is 0 Å². The van der Waals surface area contributed by atoms with Crippen LogP contribution in [-0.4, -0.2) is 13.1 Å². The van der Waals surface area contributed by atoms with Crippen LogP contribution in [0, 0.1) is 0 Å². The molecule has 0 bridgehead atoms. The Bertz CT molecular complexity index is 243. The summed E-state index contributed by atoms with van der Waals surface area (Å²) in [5, 5.41) is 3.35. The lowest BCUT2D eigenvalue weighted by Crippen LogP contribution is -2.19. The highest BCUT2D eigenvalue weighted by molar-refractivity contribution is 9.10. The van der Waals surface area contributed by atoms with Crippen LogP contribution >= 0.6 is 15.9 Å². The van der Waals surface area contributed by atoms with Crippen molar-refractivity contribution in [3.63, 3.8) is 0 Å². The second kappa shape index (κ2) is 5.40. The van der Waals surface area contributed by atoms with Crippen LogP contribution in [0.2, 0.25) is 0 Å². The van der Waals surface area contributed by atoms with E-state index >= 15 is 0 Å².